The summed E-state index contributed by atoms with van der Waals surface area (Å²) < 4.78 is 0. The van der Waals surface area contributed by atoms with Crippen molar-refractivity contribution in [3.63, 3.8) is 0 Å². The van der Waals surface area contributed by atoms with Gasteiger partial charge < -0.3 is 16.0 Å². The predicted octanol–water partition coefficient (Wildman–Crippen LogP) is 3.81. The molecule has 0 unspecified atom stereocenters. The van der Waals surface area contributed by atoms with E-state index in [1.54, 1.807) is 48.5 Å². The summed E-state index contributed by atoms with van der Waals surface area (Å²) in [6.07, 6.45) is 2.07. The molecular formula is C26H27N3O3. The van der Waals surface area contributed by atoms with Gasteiger partial charge in [-0.2, -0.15) is 0 Å². The minimum absolute atomic E-state index is 0.0488. The summed E-state index contributed by atoms with van der Waals surface area (Å²) in [4.78, 5) is 36.4. The first kappa shape index (κ1) is 22.7. The number of hydrogen-bond acceptors (Lipinski definition) is 3. The molecule has 0 aliphatic heterocycles. The molecule has 0 saturated carbocycles. The van der Waals surface area contributed by atoms with Crippen LogP contribution in [0, 0.1) is 0 Å². The standard InChI is InChI=1S/C26H27N3O3/c30-24(13-7-10-20-8-3-1-4-9-20)29-23-16-14-22(15-17-23)26(32)28-19-18-27-25(31)21-11-5-2-6-12-21/h1-6,8-9,11-12,14-17H,7,10,13,18-19H2,(H,27,31)(H,28,32)(H,29,30). The number of aryl methyl sites for hydroxylation is 1. The normalized spacial score (nSPS) is 10.2. The first-order chi connectivity index (χ1) is 15.6. The molecule has 0 bridgehead atoms. The summed E-state index contributed by atoms with van der Waals surface area (Å²) in [6.45, 7) is 0.647. The fourth-order valence-electron chi connectivity index (χ4n) is 3.17. The lowest BCUT2D eigenvalue weighted by atomic mass is 10.1. The third-order valence-electron chi connectivity index (χ3n) is 4.88. The largest absolute Gasteiger partial charge is 0.350 e. The van der Waals surface area contributed by atoms with Crippen molar-refractivity contribution in [3.05, 3.63) is 102 Å². The van der Waals surface area contributed by atoms with Crippen LogP contribution in [-0.2, 0) is 11.2 Å². The van der Waals surface area contributed by atoms with Crippen LogP contribution in [0.5, 0.6) is 0 Å². The average molecular weight is 430 g/mol. The number of carbonyl (C=O) groups is 3. The first-order valence-corrected chi connectivity index (χ1v) is 10.7. The lowest BCUT2D eigenvalue weighted by Gasteiger charge is -2.09. The van der Waals surface area contributed by atoms with Gasteiger partial charge in [0, 0.05) is 36.3 Å². The quantitative estimate of drug-likeness (QED) is 0.428. The van der Waals surface area contributed by atoms with E-state index < -0.39 is 0 Å². The number of rotatable bonds is 10. The van der Waals surface area contributed by atoms with Gasteiger partial charge >= 0.3 is 0 Å². The molecule has 6 nitrogen and oxygen atoms in total. The van der Waals surface area contributed by atoms with Crippen molar-refractivity contribution in [3.8, 4) is 0 Å². The van der Waals surface area contributed by atoms with Gasteiger partial charge in [0.25, 0.3) is 11.8 Å². The molecule has 0 fully saturated rings. The molecule has 0 radical (unpaired) electrons. The molecule has 3 aromatic carbocycles. The molecule has 0 aliphatic rings. The molecule has 0 spiro atoms. The van der Waals surface area contributed by atoms with Gasteiger partial charge in [0.2, 0.25) is 5.91 Å². The van der Waals surface area contributed by atoms with E-state index in [0.717, 1.165) is 12.8 Å². The van der Waals surface area contributed by atoms with Crippen molar-refractivity contribution in [1.82, 2.24) is 10.6 Å². The van der Waals surface area contributed by atoms with Gasteiger partial charge in [-0.15, -0.1) is 0 Å². The zero-order chi connectivity index (χ0) is 22.6. The van der Waals surface area contributed by atoms with E-state index in [1.165, 1.54) is 5.56 Å². The van der Waals surface area contributed by atoms with Crippen LogP contribution in [0.25, 0.3) is 0 Å². The number of amides is 3. The predicted molar refractivity (Wildman–Crippen MR) is 126 cm³/mol. The van der Waals surface area contributed by atoms with Gasteiger partial charge in [-0.1, -0.05) is 48.5 Å². The highest BCUT2D eigenvalue weighted by Gasteiger charge is 2.08. The fraction of sp³-hybridized carbons (Fsp3) is 0.192. The number of benzene rings is 3. The van der Waals surface area contributed by atoms with Crippen LogP contribution in [-0.4, -0.2) is 30.8 Å². The van der Waals surface area contributed by atoms with E-state index in [0.29, 0.717) is 36.3 Å². The first-order valence-electron chi connectivity index (χ1n) is 10.7. The second-order valence-corrected chi connectivity index (χ2v) is 7.34. The molecule has 32 heavy (non-hydrogen) atoms. The maximum Gasteiger partial charge on any atom is 0.251 e. The Morgan fingerprint density at radius 3 is 1.75 bits per heavy atom. The van der Waals surface area contributed by atoms with E-state index in [2.05, 4.69) is 28.1 Å². The Balaban J connectivity index is 1.35. The van der Waals surface area contributed by atoms with Crippen LogP contribution in [0.2, 0.25) is 0 Å². The zero-order valence-electron chi connectivity index (χ0n) is 17.8. The minimum Gasteiger partial charge on any atom is -0.350 e. The number of hydrogen-bond donors (Lipinski definition) is 3. The second-order valence-electron chi connectivity index (χ2n) is 7.34. The van der Waals surface area contributed by atoms with E-state index >= 15 is 0 Å². The van der Waals surface area contributed by atoms with Crippen LogP contribution < -0.4 is 16.0 Å². The van der Waals surface area contributed by atoms with Crippen LogP contribution in [0.4, 0.5) is 5.69 Å². The summed E-state index contributed by atoms with van der Waals surface area (Å²) in [7, 11) is 0. The SMILES string of the molecule is O=C(CCCc1ccccc1)Nc1ccc(C(=O)NCCNC(=O)c2ccccc2)cc1. The molecule has 0 aliphatic carbocycles. The van der Waals surface area contributed by atoms with Gasteiger partial charge in [-0.3, -0.25) is 14.4 Å². The lowest BCUT2D eigenvalue weighted by Crippen LogP contribution is -2.34. The Bertz CT molecular complexity index is 1020. The van der Waals surface area contributed by atoms with Gasteiger partial charge in [0.15, 0.2) is 0 Å². The average Bonchev–Trinajstić information content (AvgIpc) is 2.83. The van der Waals surface area contributed by atoms with E-state index in [9.17, 15) is 14.4 Å². The van der Waals surface area contributed by atoms with Crippen molar-refractivity contribution in [2.75, 3.05) is 18.4 Å². The summed E-state index contributed by atoms with van der Waals surface area (Å²) in [5, 5.41) is 8.39. The Morgan fingerprint density at radius 2 is 1.16 bits per heavy atom. The molecule has 0 saturated heterocycles. The number of nitrogens with one attached hydrogen (secondary N) is 3. The van der Waals surface area contributed by atoms with Crippen LogP contribution in [0.15, 0.2) is 84.9 Å². The summed E-state index contributed by atoms with van der Waals surface area (Å²) in [5.74, 6) is -0.462. The Hall–Kier alpha value is -3.93. The summed E-state index contributed by atoms with van der Waals surface area (Å²) in [5.41, 5.74) is 2.94. The highest BCUT2D eigenvalue weighted by molar-refractivity contribution is 5.96. The van der Waals surface area contributed by atoms with E-state index in [-0.39, 0.29) is 17.7 Å². The Labute approximate surface area is 188 Å². The summed E-state index contributed by atoms with van der Waals surface area (Å²) in [6, 6.07) is 25.7. The molecule has 6 heteroatoms. The van der Waals surface area contributed by atoms with Gasteiger partial charge in [0.1, 0.15) is 0 Å². The molecule has 164 valence electrons. The van der Waals surface area contributed by atoms with Crippen molar-refractivity contribution in [2.24, 2.45) is 0 Å². The Morgan fingerprint density at radius 1 is 0.625 bits per heavy atom. The maximum absolute atomic E-state index is 12.3. The molecule has 3 N–H and O–H groups in total. The molecule has 0 aromatic heterocycles. The third kappa shape index (κ3) is 7.40. The molecule has 0 heterocycles. The van der Waals surface area contributed by atoms with Crippen molar-refractivity contribution >= 4 is 23.4 Å². The lowest BCUT2D eigenvalue weighted by molar-refractivity contribution is -0.116. The molecule has 3 rings (SSSR count). The van der Waals surface area contributed by atoms with Crippen molar-refractivity contribution in [1.29, 1.82) is 0 Å². The zero-order valence-corrected chi connectivity index (χ0v) is 17.8. The van der Waals surface area contributed by atoms with Crippen LogP contribution in [0.3, 0.4) is 0 Å². The van der Waals surface area contributed by atoms with Gasteiger partial charge in [0.05, 0.1) is 0 Å². The van der Waals surface area contributed by atoms with Gasteiger partial charge in [-0.05, 0) is 54.8 Å². The van der Waals surface area contributed by atoms with Crippen molar-refractivity contribution < 1.29 is 14.4 Å². The second kappa shape index (κ2) is 12.1. The smallest absolute Gasteiger partial charge is 0.251 e. The topological polar surface area (TPSA) is 87.3 Å². The van der Waals surface area contributed by atoms with Crippen LogP contribution in [0.1, 0.15) is 39.1 Å². The van der Waals surface area contributed by atoms with Crippen molar-refractivity contribution in [2.45, 2.75) is 19.3 Å². The van der Waals surface area contributed by atoms with E-state index in [4.69, 9.17) is 0 Å². The van der Waals surface area contributed by atoms with Gasteiger partial charge in [-0.25, -0.2) is 0 Å². The highest BCUT2D eigenvalue weighted by Crippen LogP contribution is 2.11. The fourth-order valence-corrected chi connectivity index (χ4v) is 3.17. The number of carbonyl (C=O) groups excluding carboxylic acids is 3. The van der Waals surface area contributed by atoms with E-state index in [1.807, 2.05) is 24.3 Å². The minimum atomic E-state index is -0.236. The molecule has 3 aromatic rings. The highest BCUT2D eigenvalue weighted by atomic mass is 16.2. The molecule has 0 atom stereocenters. The van der Waals surface area contributed by atoms with Crippen LogP contribution >= 0.6 is 0 Å². The molecule has 3 amide bonds. The summed E-state index contributed by atoms with van der Waals surface area (Å²) >= 11 is 0. The Kier molecular flexibility index (Phi) is 8.57. The molecular weight excluding hydrogens is 402 g/mol. The number of anilines is 1. The maximum atomic E-state index is 12.3. The monoisotopic (exact) mass is 429 g/mol. The third-order valence-corrected chi connectivity index (χ3v) is 4.88.